The topological polar surface area (TPSA) is 53.1 Å². The molecular formula is C18H29N3O3. The van der Waals surface area contributed by atoms with Gasteiger partial charge in [-0.05, 0) is 25.7 Å². The summed E-state index contributed by atoms with van der Waals surface area (Å²) in [6.45, 7) is 7.46. The van der Waals surface area contributed by atoms with Crippen LogP contribution in [0.15, 0.2) is 12.2 Å². The normalized spacial score (nSPS) is 24.0. The standard InChI is InChI=1S/C18H29N3O3/c22-17(4-3-7-19-12-14-24-15-13-19)20-10-5-16(6-11-20)18(23)21-8-1-2-9-21/h3-4,16H,1-2,5-15H2. The minimum atomic E-state index is 0.0790. The van der Waals surface area contributed by atoms with E-state index in [4.69, 9.17) is 4.74 Å². The summed E-state index contributed by atoms with van der Waals surface area (Å²) in [5, 5.41) is 0. The second kappa shape index (κ2) is 8.62. The van der Waals surface area contributed by atoms with E-state index >= 15 is 0 Å². The van der Waals surface area contributed by atoms with Crippen LogP contribution in [-0.2, 0) is 14.3 Å². The zero-order valence-corrected chi connectivity index (χ0v) is 14.5. The van der Waals surface area contributed by atoms with Crippen molar-refractivity contribution < 1.29 is 14.3 Å². The second-order valence-corrected chi connectivity index (χ2v) is 6.95. The maximum Gasteiger partial charge on any atom is 0.246 e. The van der Waals surface area contributed by atoms with Gasteiger partial charge >= 0.3 is 0 Å². The second-order valence-electron chi connectivity index (χ2n) is 6.95. The zero-order valence-electron chi connectivity index (χ0n) is 14.5. The third-order valence-corrected chi connectivity index (χ3v) is 5.30. The van der Waals surface area contributed by atoms with Gasteiger partial charge in [-0.2, -0.15) is 0 Å². The largest absolute Gasteiger partial charge is 0.379 e. The fraction of sp³-hybridized carbons (Fsp3) is 0.778. The Morgan fingerprint density at radius 1 is 0.917 bits per heavy atom. The lowest BCUT2D eigenvalue weighted by molar-refractivity contribution is -0.138. The number of carbonyl (C=O) groups is 2. The molecule has 3 saturated heterocycles. The summed E-state index contributed by atoms with van der Waals surface area (Å²) >= 11 is 0. The molecule has 0 saturated carbocycles. The van der Waals surface area contributed by atoms with Crippen LogP contribution in [0.3, 0.4) is 0 Å². The van der Waals surface area contributed by atoms with E-state index in [2.05, 4.69) is 4.90 Å². The molecule has 0 spiro atoms. The van der Waals surface area contributed by atoms with Crippen molar-refractivity contribution in [1.82, 2.24) is 14.7 Å². The molecule has 0 radical (unpaired) electrons. The van der Waals surface area contributed by atoms with Crippen LogP contribution in [0.5, 0.6) is 0 Å². The Morgan fingerprint density at radius 2 is 1.58 bits per heavy atom. The number of hydrogen-bond donors (Lipinski definition) is 0. The van der Waals surface area contributed by atoms with E-state index in [0.29, 0.717) is 19.0 Å². The smallest absolute Gasteiger partial charge is 0.246 e. The number of ether oxygens (including phenoxy) is 1. The van der Waals surface area contributed by atoms with E-state index in [1.54, 1.807) is 6.08 Å². The minimum Gasteiger partial charge on any atom is -0.379 e. The number of piperidine rings is 1. The molecule has 3 heterocycles. The summed E-state index contributed by atoms with van der Waals surface area (Å²) in [4.78, 5) is 30.9. The average molecular weight is 335 g/mol. The van der Waals surface area contributed by atoms with E-state index in [9.17, 15) is 9.59 Å². The number of carbonyl (C=O) groups excluding carboxylic acids is 2. The fourth-order valence-electron chi connectivity index (χ4n) is 3.73. The van der Waals surface area contributed by atoms with Crippen LogP contribution in [0.1, 0.15) is 25.7 Å². The van der Waals surface area contributed by atoms with E-state index < -0.39 is 0 Å². The van der Waals surface area contributed by atoms with Crippen LogP contribution in [0.25, 0.3) is 0 Å². The lowest BCUT2D eigenvalue weighted by Crippen LogP contribution is -2.43. The Labute approximate surface area is 144 Å². The molecule has 134 valence electrons. The SMILES string of the molecule is O=C(C=CCN1CCOCC1)N1CCC(C(=O)N2CCCC2)CC1. The highest BCUT2D eigenvalue weighted by Crippen LogP contribution is 2.22. The maximum atomic E-state index is 12.4. The molecule has 3 aliphatic rings. The number of nitrogens with zero attached hydrogens (tertiary/aromatic N) is 3. The zero-order chi connectivity index (χ0) is 16.8. The summed E-state index contributed by atoms with van der Waals surface area (Å²) in [6, 6.07) is 0. The number of hydrogen-bond acceptors (Lipinski definition) is 4. The van der Waals surface area contributed by atoms with Gasteiger partial charge in [0.05, 0.1) is 13.2 Å². The predicted molar refractivity (Wildman–Crippen MR) is 91.5 cm³/mol. The fourth-order valence-corrected chi connectivity index (χ4v) is 3.73. The Hall–Kier alpha value is -1.40. The first-order chi connectivity index (χ1) is 11.7. The molecule has 3 rings (SSSR count). The number of morpholine rings is 1. The van der Waals surface area contributed by atoms with Crippen LogP contribution < -0.4 is 0 Å². The van der Waals surface area contributed by atoms with Crippen molar-refractivity contribution in [3.05, 3.63) is 12.2 Å². The first-order valence-corrected chi connectivity index (χ1v) is 9.28. The van der Waals surface area contributed by atoms with Gasteiger partial charge in [0.2, 0.25) is 11.8 Å². The molecule has 6 heteroatoms. The first kappa shape index (κ1) is 17.4. The van der Waals surface area contributed by atoms with Gasteiger partial charge in [-0.25, -0.2) is 0 Å². The Morgan fingerprint density at radius 3 is 2.25 bits per heavy atom. The molecule has 3 aliphatic heterocycles. The quantitative estimate of drug-likeness (QED) is 0.711. The molecule has 24 heavy (non-hydrogen) atoms. The maximum absolute atomic E-state index is 12.4. The number of rotatable bonds is 4. The third-order valence-electron chi connectivity index (χ3n) is 5.30. The van der Waals surface area contributed by atoms with Crippen LogP contribution in [0.2, 0.25) is 0 Å². The van der Waals surface area contributed by atoms with E-state index in [-0.39, 0.29) is 11.8 Å². The lowest BCUT2D eigenvalue weighted by Gasteiger charge is -2.32. The van der Waals surface area contributed by atoms with Crippen LogP contribution in [0, 0.1) is 5.92 Å². The first-order valence-electron chi connectivity index (χ1n) is 9.28. The summed E-state index contributed by atoms with van der Waals surface area (Å²) < 4.78 is 5.32. The third kappa shape index (κ3) is 4.57. The molecule has 0 aliphatic carbocycles. The van der Waals surface area contributed by atoms with Crippen molar-refractivity contribution in [2.24, 2.45) is 5.92 Å². The van der Waals surface area contributed by atoms with Crippen molar-refractivity contribution in [3.63, 3.8) is 0 Å². The molecule has 3 fully saturated rings. The average Bonchev–Trinajstić information content (AvgIpc) is 3.17. The molecule has 0 unspecified atom stereocenters. The van der Waals surface area contributed by atoms with Gasteiger partial charge in [0.25, 0.3) is 0 Å². The summed E-state index contributed by atoms with van der Waals surface area (Å²) in [5.74, 6) is 0.502. The summed E-state index contributed by atoms with van der Waals surface area (Å²) in [7, 11) is 0. The van der Waals surface area contributed by atoms with Gasteiger partial charge in [0, 0.05) is 57.8 Å². The number of amides is 2. The van der Waals surface area contributed by atoms with Crippen molar-refractivity contribution >= 4 is 11.8 Å². The molecule has 0 aromatic heterocycles. The van der Waals surface area contributed by atoms with Gasteiger partial charge in [-0.3, -0.25) is 14.5 Å². The Kier molecular flexibility index (Phi) is 6.26. The predicted octanol–water partition coefficient (Wildman–Crippen LogP) is 0.736. The van der Waals surface area contributed by atoms with Crippen LogP contribution in [-0.4, -0.2) is 85.5 Å². The van der Waals surface area contributed by atoms with Crippen molar-refractivity contribution in [3.8, 4) is 0 Å². The van der Waals surface area contributed by atoms with E-state index in [1.165, 1.54) is 0 Å². The molecule has 0 aromatic carbocycles. The highest BCUT2D eigenvalue weighted by molar-refractivity contribution is 5.88. The molecule has 0 bridgehead atoms. The Balaban J connectivity index is 1.39. The summed E-state index contributed by atoms with van der Waals surface area (Å²) in [5.41, 5.74) is 0. The van der Waals surface area contributed by atoms with E-state index in [0.717, 1.165) is 71.6 Å². The summed E-state index contributed by atoms with van der Waals surface area (Å²) in [6.07, 6.45) is 7.53. The monoisotopic (exact) mass is 335 g/mol. The number of likely N-dealkylation sites (tertiary alicyclic amines) is 2. The van der Waals surface area contributed by atoms with Crippen molar-refractivity contribution in [2.75, 3.05) is 59.0 Å². The van der Waals surface area contributed by atoms with Crippen molar-refractivity contribution in [1.29, 1.82) is 0 Å². The molecule has 0 aromatic rings. The molecule has 0 N–H and O–H groups in total. The Bertz CT molecular complexity index is 460. The molecular weight excluding hydrogens is 306 g/mol. The molecule has 2 amide bonds. The highest BCUT2D eigenvalue weighted by Gasteiger charge is 2.30. The van der Waals surface area contributed by atoms with Gasteiger partial charge in [0.1, 0.15) is 0 Å². The molecule has 0 atom stereocenters. The van der Waals surface area contributed by atoms with E-state index in [1.807, 2.05) is 15.9 Å². The highest BCUT2D eigenvalue weighted by atomic mass is 16.5. The minimum absolute atomic E-state index is 0.0790. The molecule has 6 nitrogen and oxygen atoms in total. The van der Waals surface area contributed by atoms with Crippen LogP contribution in [0.4, 0.5) is 0 Å². The van der Waals surface area contributed by atoms with Crippen molar-refractivity contribution in [2.45, 2.75) is 25.7 Å². The van der Waals surface area contributed by atoms with Gasteiger partial charge in [-0.1, -0.05) is 6.08 Å². The van der Waals surface area contributed by atoms with Gasteiger partial charge in [0.15, 0.2) is 0 Å². The van der Waals surface area contributed by atoms with Gasteiger partial charge in [-0.15, -0.1) is 0 Å². The van der Waals surface area contributed by atoms with Crippen LogP contribution >= 0.6 is 0 Å². The van der Waals surface area contributed by atoms with Gasteiger partial charge < -0.3 is 14.5 Å². The lowest BCUT2D eigenvalue weighted by atomic mass is 9.95.